The zero-order valence-electron chi connectivity index (χ0n) is 11.0. The summed E-state index contributed by atoms with van der Waals surface area (Å²) in [5, 5.41) is 1.59. The van der Waals surface area contributed by atoms with Crippen LogP contribution in [-0.4, -0.2) is 4.57 Å². The van der Waals surface area contributed by atoms with Gasteiger partial charge in [-0.15, -0.1) is 0 Å². The van der Waals surface area contributed by atoms with Gasteiger partial charge in [-0.3, -0.25) is 0 Å². The SMILES string of the molecule is CC(N)c1cc2c(Cl)cccc2n1-c1cccc(F)c1. The largest absolute Gasteiger partial charge is 0.323 e. The molecule has 0 amide bonds. The van der Waals surface area contributed by atoms with Crippen molar-refractivity contribution in [2.45, 2.75) is 13.0 Å². The Balaban J connectivity index is 2.38. The minimum Gasteiger partial charge on any atom is -0.323 e. The van der Waals surface area contributed by atoms with Crippen LogP contribution in [0.4, 0.5) is 4.39 Å². The van der Waals surface area contributed by atoms with Crippen LogP contribution < -0.4 is 5.73 Å². The Morgan fingerprint density at radius 1 is 1.15 bits per heavy atom. The number of hydrogen-bond donors (Lipinski definition) is 1. The van der Waals surface area contributed by atoms with Crippen LogP contribution in [0.3, 0.4) is 0 Å². The van der Waals surface area contributed by atoms with E-state index in [1.54, 1.807) is 6.07 Å². The smallest absolute Gasteiger partial charge is 0.125 e. The highest BCUT2D eigenvalue weighted by molar-refractivity contribution is 6.35. The molecule has 0 radical (unpaired) electrons. The highest BCUT2D eigenvalue weighted by Crippen LogP contribution is 2.31. The number of aromatic nitrogens is 1. The summed E-state index contributed by atoms with van der Waals surface area (Å²) in [5.74, 6) is -0.276. The van der Waals surface area contributed by atoms with Gasteiger partial charge in [0, 0.05) is 27.8 Å². The molecule has 0 aliphatic rings. The maximum atomic E-state index is 13.5. The third-order valence-electron chi connectivity index (χ3n) is 3.35. The standard InChI is InChI=1S/C16H14ClFN2/c1-10(19)16-9-13-14(17)6-3-7-15(13)20(16)12-5-2-4-11(18)8-12/h2-10H,19H2,1H3. The predicted octanol–water partition coefficient (Wildman–Crippen LogP) is 4.44. The molecule has 0 fully saturated rings. The molecule has 2 aromatic carbocycles. The molecule has 0 bridgehead atoms. The summed E-state index contributed by atoms with van der Waals surface area (Å²) in [6.07, 6.45) is 0. The van der Waals surface area contributed by atoms with Gasteiger partial charge in [0.2, 0.25) is 0 Å². The molecule has 102 valence electrons. The van der Waals surface area contributed by atoms with Crippen LogP contribution >= 0.6 is 11.6 Å². The summed E-state index contributed by atoms with van der Waals surface area (Å²) in [5.41, 5.74) is 8.62. The molecule has 0 aliphatic heterocycles. The Kier molecular flexibility index (Phi) is 3.24. The fourth-order valence-electron chi connectivity index (χ4n) is 2.45. The Morgan fingerprint density at radius 3 is 2.60 bits per heavy atom. The lowest BCUT2D eigenvalue weighted by Crippen LogP contribution is -2.11. The molecule has 3 aromatic rings. The van der Waals surface area contributed by atoms with Crippen molar-refractivity contribution in [1.82, 2.24) is 4.57 Å². The predicted molar refractivity (Wildman–Crippen MR) is 80.8 cm³/mol. The van der Waals surface area contributed by atoms with E-state index >= 15 is 0 Å². The first-order valence-corrected chi connectivity index (χ1v) is 6.77. The van der Waals surface area contributed by atoms with Gasteiger partial charge in [-0.05, 0) is 43.3 Å². The number of rotatable bonds is 2. The maximum absolute atomic E-state index is 13.5. The van der Waals surface area contributed by atoms with E-state index in [4.69, 9.17) is 17.3 Å². The monoisotopic (exact) mass is 288 g/mol. The van der Waals surface area contributed by atoms with E-state index < -0.39 is 0 Å². The number of fused-ring (bicyclic) bond motifs is 1. The van der Waals surface area contributed by atoms with Gasteiger partial charge in [0.05, 0.1) is 5.52 Å². The Labute approximate surface area is 121 Å². The topological polar surface area (TPSA) is 30.9 Å². The fourth-order valence-corrected chi connectivity index (χ4v) is 2.68. The number of nitrogens with two attached hydrogens (primary N) is 1. The minimum absolute atomic E-state index is 0.179. The van der Waals surface area contributed by atoms with Crippen LogP contribution in [0.2, 0.25) is 5.02 Å². The lowest BCUT2D eigenvalue weighted by molar-refractivity contribution is 0.626. The van der Waals surface area contributed by atoms with Gasteiger partial charge in [0.1, 0.15) is 5.82 Å². The summed E-state index contributed by atoms with van der Waals surface area (Å²) in [7, 11) is 0. The molecule has 1 aromatic heterocycles. The van der Waals surface area contributed by atoms with E-state index in [2.05, 4.69) is 0 Å². The van der Waals surface area contributed by atoms with Crippen molar-refractivity contribution in [3.05, 3.63) is 65.1 Å². The van der Waals surface area contributed by atoms with Crippen LogP contribution in [0.5, 0.6) is 0 Å². The Morgan fingerprint density at radius 2 is 1.90 bits per heavy atom. The van der Waals surface area contributed by atoms with Gasteiger partial charge in [-0.25, -0.2) is 4.39 Å². The van der Waals surface area contributed by atoms with E-state index in [9.17, 15) is 4.39 Å². The highest BCUT2D eigenvalue weighted by Gasteiger charge is 2.15. The van der Waals surface area contributed by atoms with Crippen molar-refractivity contribution < 1.29 is 4.39 Å². The minimum atomic E-state index is -0.276. The molecule has 20 heavy (non-hydrogen) atoms. The van der Waals surface area contributed by atoms with E-state index in [0.717, 1.165) is 22.3 Å². The van der Waals surface area contributed by atoms with Gasteiger partial charge in [0.25, 0.3) is 0 Å². The first-order valence-electron chi connectivity index (χ1n) is 6.39. The van der Waals surface area contributed by atoms with E-state index in [1.165, 1.54) is 12.1 Å². The van der Waals surface area contributed by atoms with Crippen LogP contribution in [0.1, 0.15) is 18.7 Å². The van der Waals surface area contributed by atoms with Crippen molar-refractivity contribution in [3.8, 4) is 5.69 Å². The Hall–Kier alpha value is -1.84. The summed E-state index contributed by atoms with van der Waals surface area (Å²) in [4.78, 5) is 0. The molecule has 1 atom stereocenters. The molecule has 0 aliphatic carbocycles. The summed E-state index contributed by atoms with van der Waals surface area (Å²) in [6.45, 7) is 1.90. The summed E-state index contributed by atoms with van der Waals surface area (Å²) in [6, 6.07) is 13.9. The van der Waals surface area contributed by atoms with Crippen molar-refractivity contribution in [2.75, 3.05) is 0 Å². The third-order valence-corrected chi connectivity index (χ3v) is 3.68. The van der Waals surface area contributed by atoms with Gasteiger partial charge >= 0.3 is 0 Å². The molecule has 3 rings (SSSR count). The number of nitrogens with zero attached hydrogens (tertiary/aromatic N) is 1. The second kappa shape index (κ2) is 4.93. The van der Waals surface area contributed by atoms with Gasteiger partial charge in [0.15, 0.2) is 0 Å². The van der Waals surface area contributed by atoms with Crippen LogP contribution in [-0.2, 0) is 0 Å². The maximum Gasteiger partial charge on any atom is 0.125 e. The molecule has 2 nitrogen and oxygen atoms in total. The second-order valence-corrected chi connectivity index (χ2v) is 5.25. The average molecular weight is 289 g/mol. The molecule has 1 heterocycles. The zero-order valence-corrected chi connectivity index (χ0v) is 11.7. The molecule has 0 spiro atoms. The van der Waals surface area contributed by atoms with Crippen LogP contribution in [0.25, 0.3) is 16.6 Å². The van der Waals surface area contributed by atoms with Gasteiger partial charge in [-0.2, -0.15) is 0 Å². The average Bonchev–Trinajstić information content (AvgIpc) is 2.80. The fraction of sp³-hybridized carbons (Fsp3) is 0.125. The van der Waals surface area contributed by atoms with Crippen molar-refractivity contribution in [3.63, 3.8) is 0 Å². The second-order valence-electron chi connectivity index (χ2n) is 4.85. The molecule has 1 unspecified atom stereocenters. The van der Waals surface area contributed by atoms with Crippen molar-refractivity contribution in [1.29, 1.82) is 0 Å². The number of hydrogen-bond acceptors (Lipinski definition) is 1. The van der Waals surface area contributed by atoms with E-state index in [1.807, 2.05) is 41.8 Å². The molecular formula is C16H14ClFN2. The highest BCUT2D eigenvalue weighted by atomic mass is 35.5. The lowest BCUT2D eigenvalue weighted by Gasteiger charge is -2.13. The van der Waals surface area contributed by atoms with Gasteiger partial charge in [-0.1, -0.05) is 23.7 Å². The molecule has 4 heteroatoms. The quantitative estimate of drug-likeness (QED) is 0.742. The van der Waals surface area contributed by atoms with E-state index in [-0.39, 0.29) is 11.9 Å². The number of benzene rings is 2. The van der Waals surface area contributed by atoms with E-state index in [0.29, 0.717) is 5.02 Å². The van der Waals surface area contributed by atoms with Crippen molar-refractivity contribution >= 4 is 22.5 Å². The number of halogens is 2. The summed E-state index contributed by atoms with van der Waals surface area (Å²) >= 11 is 6.24. The third kappa shape index (κ3) is 2.09. The van der Waals surface area contributed by atoms with Gasteiger partial charge < -0.3 is 10.3 Å². The normalized spacial score (nSPS) is 12.8. The molecule has 0 saturated heterocycles. The molecular weight excluding hydrogens is 275 g/mol. The first kappa shape index (κ1) is 13.2. The van der Waals surface area contributed by atoms with Crippen molar-refractivity contribution in [2.24, 2.45) is 5.73 Å². The summed E-state index contributed by atoms with van der Waals surface area (Å²) < 4.78 is 15.5. The first-order chi connectivity index (χ1) is 9.58. The van der Waals surface area contributed by atoms with Crippen LogP contribution in [0.15, 0.2) is 48.5 Å². The molecule has 2 N–H and O–H groups in total. The Bertz CT molecular complexity index is 777. The van der Waals surface area contributed by atoms with Crippen LogP contribution in [0, 0.1) is 5.82 Å². The lowest BCUT2D eigenvalue weighted by atomic mass is 10.2. The molecule has 0 saturated carbocycles. The zero-order chi connectivity index (χ0) is 14.3.